The molecule has 0 bridgehead atoms. The van der Waals surface area contributed by atoms with Crippen LogP contribution in [0.3, 0.4) is 0 Å². The zero-order valence-electron chi connectivity index (χ0n) is 7.16. The monoisotopic (exact) mass is 194 g/mol. The Labute approximate surface area is 75.0 Å². The highest BCUT2D eigenvalue weighted by molar-refractivity contribution is 4.93. The van der Waals surface area contributed by atoms with Gasteiger partial charge in [-0.15, -0.1) is 0 Å². The Hall–Kier alpha value is -0.240. The third-order valence-corrected chi connectivity index (χ3v) is 2.17. The molecule has 6 heteroatoms. The molecule has 1 fully saturated rings. The van der Waals surface area contributed by atoms with E-state index in [9.17, 15) is 20.4 Å². The molecular formula is C7H14O6. The van der Waals surface area contributed by atoms with Crippen LogP contribution in [0, 0.1) is 0 Å². The summed E-state index contributed by atoms with van der Waals surface area (Å²) in [5.74, 6) is -1.95. The summed E-state index contributed by atoms with van der Waals surface area (Å²) in [5, 5.41) is 45.8. The fourth-order valence-corrected chi connectivity index (χ4v) is 1.31. The molecule has 5 N–H and O–H groups in total. The van der Waals surface area contributed by atoms with Gasteiger partial charge in [-0.2, -0.15) is 0 Å². The molecule has 6 nitrogen and oxygen atoms in total. The summed E-state index contributed by atoms with van der Waals surface area (Å²) in [4.78, 5) is 0. The summed E-state index contributed by atoms with van der Waals surface area (Å²) in [6.07, 6.45) is -5.61. The summed E-state index contributed by atoms with van der Waals surface area (Å²) >= 11 is 0. The van der Waals surface area contributed by atoms with E-state index in [-0.39, 0.29) is 0 Å². The third kappa shape index (κ3) is 1.83. The molecule has 0 spiro atoms. The Morgan fingerprint density at radius 2 is 1.77 bits per heavy atom. The smallest absolute Gasteiger partial charge is 0.192 e. The molecule has 78 valence electrons. The van der Waals surface area contributed by atoms with Crippen LogP contribution < -0.4 is 0 Å². The minimum absolute atomic E-state index is 0.541. The van der Waals surface area contributed by atoms with Gasteiger partial charge in [0, 0.05) is 0 Å². The van der Waals surface area contributed by atoms with Crippen LogP contribution in [0.5, 0.6) is 0 Å². The molecule has 1 rings (SSSR count). The van der Waals surface area contributed by atoms with E-state index in [1.807, 2.05) is 0 Å². The Balaban J connectivity index is 2.79. The molecule has 0 amide bonds. The van der Waals surface area contributed by atoms with Crippen molar-refractivity contribution in [2.24, 2.45) is 0 Å². The lowest BCUT2D eigenvalue weighted by molar-refractivity contribution is -0.341. The number of aliphatic hydroxyl groups excluding tert-OH is 4. The molecule has 1 aliphatic rings. The maximum absolute atomic E-state index is 9.38. The van der Waals surface area contributed by atoms with E-state index in [0.717, 1.165) is 6.92 Å². The fraction of sp³-hybridized carbons (Fsp3) is 1.00. The number of hydrogen-bond acceptors (Lipinski definition) is 6. The van der Waals surface area contributed by atoms with Crippen LogP contribution in [-0.2, 0) is 4.74 Å². The second-order valence-electron chi connectivity index (χ2n) is 3.32. The highest BCUT2D eigenvalue weighted by atomic mass is 16.7. The van der Waals surface area contributed by atoms with Crippen LogP contribution >= 0.6 is 0 Å². The Bertz CT molecular complexity index is 180. The van der Waals surface area contributed by atoms with Gasteiger partial charge in [0.2, 0.25) is 0 Å². The van der Waals surface area contributed by atoms with Gasteiger partial charge >= 0.3 is 0 Å². The van der Waals surface area contributed by atoms with E-state index >= 15 is 0 Å². The molecule has 13 heavy (non-hydrogen) atoms. The first kappa shape index (κ1) is 10.8. The van der Waals surface area contributed by atoms with Crippen molar-refractivity contribution in [3.05, 3.63) is 0 Å². The van der Waals surface area contributed by atoms with E-state index in [1.165, 1.54) is 0 Å². The van der Waals surface area contributed by atoms with Crippen molar-refractivity contribution in [2.45, 2.75) is 37.1 Å². The van der Waals surface area contributed by atoms with Gasteiger partial charge in [0.15, 0.2) is 5.79 Å². The van der Waals surface area contributed by atoms with Gasteiger partial charge in [-0.05, 0) is 6.92 Å². The second-order valence-corrected chi connectivity index (χ2v) is 3.32. The highest BCUT2D eigenvalue weighted by Crippen LogP contribution is 2.27. The van der Waals surface area contributed by atoms with Crippen molar-refractivity contribution in [3.8, 4) is 0 Å². The van der Waals surface area contributed by atoms with Gasteiger partial charge in [0.05, 0.1) is 6.61 Å². The van der Waals surface area contributed by atoms with Crippen molar-refractivity contribution >= 4 is 0 Å². The first-order valence-corrected chi connectivity index (χ1v) is 3.95. The first-order chi connectivity index (χ1) is 5.90. The van der Waals surface area contributed by atoms with Crippen LogP contribution in [0.4, 0.5) is 0 Å². The molecule has 0 aliphatic carbocycles. The minimum Gasteiger partial charge on any atom is -0.394 e. The number of hydrogen-bond donors (Lipinski definition) is 5. The average molecular weight is 194 g/mol. The van der Waals surface area contributed by atoms with Crippen molar-refractivity contribution in [2.75, 3.05) is 6.61 Å². The van der Waals surface area contributed by atoms with Crippen LogP contribution in [0.1, 0.15) is 6.92 Å². The molecule has 0 aromatic carbocycles. The molecule has 0 saturated carbocycles. The van der Waals surface area contributed by atoms with Crippen LogP contribution in [0.15, 0.2) is 0 Å². The molecule has 0 unspecified atom stereocenters. The summed E-state index contributed by atoms with van der Waals surface area (Å²) in [5.41, 5.74) is 0. The van der Waals surface area contributed by atoms with Crippen molar-refractivity contribution in [3.63, 3.8) is 0 Å². The van der Waals surface area contributed by atoms with E-state index in [4.69, 9.17) is 9.84 Å². The molecule has 5 atom stereocenters. The molecular weight excluding hydrogens is 180 g/mol. The van der Waals surface area contributed by atoms with Crippen molar-refractivity contribution in [1.29, 1.82) is 0 Å². The van der Waals surface area contributed by atoms with E-state index in [2.05, 4.69) is 0 Å². The van der Waals surface area contributed by atoms with Gasteiger partial charge in [-0.3, -0.25) is 0 Å². The van der Waals surface area contributed by atoms with Gasteiger partial charge in [0.25, 0.3) is 0 Å². The predicted molar refractivity (Wildman–Crippen MR) is 40.6 cm³/mol. The normalized spacial score (nSPS) is 52.2. The van der Waals surface area contributed by atoms with Crippen LogP contribution in [0.2, 0.25) is 0 Å². The van der Waals surface area contributed by atoms with E-state index < -0.39 is 36.8 Å². The lowest BCUT2D eigenvalue weighted by Crippen LogP contribution is -2.63. The molecule has 0 aromatic heterocycles. The summed E-state index contributed by atoms with van der Waals surface area (Å²) < 4.78 is 4.76. The van der Waals surface area contributed by atoms with Gasteiger partial charge in [0.1, 0.15) is 24.4 Å². The summed E-state index contributed by atoms with van der Waals surface area (Å²) in [6.45, 7) is 0.608. The highest BCUT2D eigenvalue weighted by Gasteiger charge is 2.49. The van der Waals surface area contributed by atoms with E-state index in [0.29, 0.717) is 0 Å². The zero-order valence-corrected chi connectivity index (χ0v) is 7.16. The lowest BCUT2D eigenvalue weighted by Gasteiger charge is -2.43. The average Bonchev–Trinajstić information content (AvgIpc) is 2.08. The summed E-state index contributed by atoms with van der Waals surface area (Å²) in [7, 11) is 0. The number of aliphatic hydroxyl groups is 5. The molecule has 0 aromatic rings. The molecule has 1 saturated heterocycles. The van der Waals surface area contributed by atoms with E-state index in [1.54, 1.807) is 0 Å². The Kier molecular flexibility index (Phi) is 2.91. The minimum atomic E-state index is -1.95. The number of rotatable bonds is 1. The van der Waals surface area contributed by atoms with Crippen molar-refractivity contribution < 1.29 is 30.3 Å². The third-order valence-electron chi connectivity index (χ3n) is 2.17. The molecule has 1 heterocycles. The van der Waals surface area contributed by atoms with Gasteiger partial charge in [-0.25, -0.2) is 0 Å². The van der Waals surface area contributed by atoms with Crippen LogP contribution in [0.25, 0.3) is 0 Å². The SMILES string of the molecule is C[C@@]1(O)O[C@H](CO)[C@@H](O)[C@H](O)[C@@H]1O. The second kappa shape index (κ2) is 3.49. The van der Waals surface area contributed by atoms with Crippen LogP contribution in [-0.4, -0.2) is 62.3 Å². The fourth-order valence-electron chi connectivity index (χ4n) is 1.31. The predicted octanol–water partition coefficient (Wildman–Crippen LogP) is -2.83. The van der Waals surface area contributed by atoms with Gasteiger partial charge < -0.3 is 30.3 Å². The first-order valence-electron chi connectivity index (χ1n) is 3.95. The van der Waals surface area contributed by atoms with Crippen molar-refractivity contribution in [1.82, 2.24) is 0 Å². The molecule has 1 aliphatic heterocycles. The van der Waals surface area contributed by atoms with Gasteiger partial charge in [-0.1, -0.05) is 0 Å². The summed E-state index contributed by atoms with van der Waals surface area (Å²) in [6, 6.07) is 0. The topological polar surface area (TPSA) is 110 Å². The molecule has 0 radical (unpaired) electrons. The Morgan fingerprint density at radius 1 is 1.23 bits per heavy atom. The lowest BCUT2D eigenvalue weighted by atomic mass is 9.94. The maximum atomic E-state index is 9.38. The largest absolute Gasteiger partial charge is 0.394 e. The maximum Gasteiger partial charge on any atom is 0.192 e. The standard InChI is InChI=1S/C7H14O6/c1-7(12)6(11)5(10)4(9)3(2-8)13-7/h3-6,8-12H,2H2,1H3/t3-,4-,5+,6+,7-/m1/s1. The Morgan fingerprint density at radius 3 is 2.23 bits per heavy atom. The quantitative estimate of drug-likeness (QED) is 0.308. The zero-order chi connectivity index (χ0) is 10.2. The number of ether oxygens (including phenoxy) is 1.